The highest BCUT2D eigenvalue weighted by molar-refractivity contribution is 5.87. The van der Waals surface area contributed by atoms with Crippen LogP contribution in [0, 0.1) is 28.7 Å². The molecule has 4 heteroatoms. The van der Waals surface area contributed by atoms with Gasteiger partial charge in [-0.05, 0) is 25.7 Å². The molecule has 1 aliphatic rings. The Labute approximate surface area is 110 Å². The van der Waals surface area contributed by atoms with E-state index < -0.39 is 0 Å². The van der Waals surface area contributed by atoms with Crippen LogP contribution >= 0.6 is 0 Å². The zero-order valence-corrected chi connectivity index (χ0v) is 11.2. The van der Waals surface area contributed by atoms with E-state index in [1.807, 2.05) is 6.19 Å². The maximum atomic E-state index is 9.29. The number of hydrogen-bond donors (Lipinski definition) is 0. The molecule has 1 saturated heterocycles. The summed E-state index contributed by atoms with van der Waals surface area (Å²) in [6, 6.07) is 2.32. The molecule has 0 aromatic rings. The molecule has 0 amide bonds. The molecule has 0 N–H and O–H groups in total. The predicted molar refractivity (Wildman–Crippen MR) is 71.7 cm³/mol. The number of rotatable bonds is 5. The van der Waals surface area contributed by atoms with Crippen molar-refractivity contribution in [2.45, 2.75) is 51.9 Å². The molecular weight excluding hydrogens is 224 g/mol. The molecule has 98 valence electrons. The molecule has 1 unspecified atom stereocenters. The van der Waals surface area contributed by atoms with Crippen LogP contribution in [-0.4, -0.2) is 23.8 Å². The first-order chi connectivity index (χ1) is 8.83. The summed E-state index contributed by atoms with van der Waals surface area (Å²) in [6.07, 6.45) is 9.52. The molecule has 1 aliphatic heterocycles. The number of aliphatic imine (C=N–C) groups is 1. The van der Waals surface area contributed by atoms with Crippen LogP contribution in [0.1, 0.15) is 51.9 Å². The van der Waals surface area contributed by atoms with Gasteiger partial charge in [0.2, 0.25) is 6.19 Å². The first-order valence-corrected chi connectivity index (χ1v) is 6.94. The molecule has 1 heterocycles. The number of likely N-dealkylation sites (tertiary alicyclic amines) is 1. The molecule has 18 heavy (non-hydrogen) atoms. The fourth-order valence-electron chi connectivity index (χ4n) is 2.39. The van der Waals surface area contributed by atoms with Crippen molar-refractivity contribution in [3.63, 3.8) is 0 Å². The fourth-order valence-corrected chi connectivity index (χ4v) is 2.39. The van der Waals surface area contributed by atoms with E-state index in [2.05, 4.69) is 22.9 Å². The van der Waals surface area contributed by atoms with Crippen LogP contribution in [-0.2, 0) is 0 Å². The Bertz CT molecular complexity index is 342. The average molecular weight is 246 g/mol. The first-order valence-electron chi connectivity index (χ1n) is 6.94. The van der Waals surface area contributed by atoms with Crippen LogP contribution in [0.4, 0.5) is 0 Å². The van der Waals surface area contributed by atoms with Crippen molar-refractivity contribution in [1.29, 1.82) is 10.5 Å². The third-order valence-electron chi connectivity index (χ3n) is 3.41. The van der Waals surface area contributed by atoms with Crippen molar-refractivity contribution < 1.29 is 0 Å². The highest BCUT2D eigenvalue weighted by atomic mass is 15.2. The molecule has 0 aliphatic carbocycles. The molecule has 1 fully saturated rings. The maximum absolute atomic E-state index is 9.29. The summed E-state index contributed by atoms with van der Waals surface area (Å²) in [4.78, 5) is 6.05. The Morgan fingerprint density at radius 2 is 1.94 bits per heavy atom. The summed E-state index contributed by atoms with van der Waals surface area (Å²) in [5.74, 6) is 0.491. The SMILES string of the molecule is CCCCCC(C#N)C(=NC#N)N1CCCCC1. The summed E-state index contributed by atoms with van der Waals surface area (Å²) in [5.41, 5.74) is 0. The zero-order valence-electron chi connectivity index (χ0n) is 11.2. The standard InChI is InChI=1S/C14H22N4/c1-2-3-5-8-13(11-15)14(17-12-16)18-9-6-4-7-10-18/h13H,2-10H2,1H3. The van der Waals surface area contributed by atoms with Gasteiger partial charge in [0.1, 0.15) is 11.8 Å². The van der Waals surface area contributed by atoms with Crippen LogP contribution in [0.3, 0.4) is 0 Å². The van der Waals surface area contributed by atoms with Crippen molar-refractivity contribution >= 4 is 5.84 Å². The summed E-state index contributed by atoms with van der Waals surface area (Å²) >= 11 is 0. The highest BCUT2D eigenvalue weighted by Crippen LogP contribution is 2.18. The van der Waals surface area contributed by atoms with E-state index >= 15 is 0 Å². The Morgan fingerprint density at radius 3 is 2.50 bits per heavy atom. The number of unbranched alkanes of at least 4 members (excludes halogenated alkanes) is 2. The molecule has 0 aromatic carbocycles. The van der Waals surface area contributed by atoms with Crippen LogP contribution < -0.4 is 0 Å². The van der Waals surface area contributed by atoms with Gasteiger partial charge in [-0.3, -0.25) is 0 Å². The van der Waals surface area contributed by atoms with Crippen LogP contribution in [0.25, 0.3) is 0 Å². The van der Waals surface area contributed by atoms with Gasteiger partial charge in [-0.2, -0.15) is 15.5 Å². The lowest BCUT2D eigenvalue weighted by Gasteiger charge is -2.31. The Balaban J connectivity index is 2.66. The van der Waals surface area contributed by atoms with Gasteiger partial charge in [0.25, 0.3) is 0 Å². The fraction of sp³-hybridized carbons (Fsp3) is 0.786. The van der Waals surface area contributed by atoms with E-state index in [0.29, 0.717) is 5.84 Å². The van der Waals surface area contributed by atoms with Gasteiger partial charge in [0, 0.05) is 13.1 Å². The summed E-state index contributed by atoms with van der Waals surface area (Å²) in [7, 11) is 0. The van der Waals surface area contributed by atoms with Crippen LogP contribution in [0.2, 0.25) is 0 Å². The lowest BCUT2D eigenvalue weighted by molar-refractivity contribution is 0.329. The molecule has 1 atom stereocenters. The molecular formula is C14H22N4. The smallest absolute Gasteiger partial charge is 0.207 e. The van der Waals surface area contributed by atoms with Crippen molar-refractivity contribution in [1.82, 2.24) is 4.90 Å². The maximum Gasteiger partial charge on any atom is 0.207 e. The number of nitrogens with zero attached hydrogens (tertiary/aromatic N) is 4. The third kappa shape index (κ3) is 4.37. The molecule has 0 saturated carbocycles. The molecule has 0 bridgehead atoms. The van der Waals surface area contributed by atoms with Gasteiger partial charge in [-0.15, -0.1) is 0 Å². The van der Waals surface area contributed by atoms with E-state index in [1.54, 1.807) is 0 Å². The Morgan fingerprint density at radius 1 is 1.22 bits per heavy atom. The normalized spacial score (nSPS) is 17.9. The highest BCUT2D eigenvalue weighted by Gasteiger charge is 2.23. The van der Waals surface area contributed by atoms with Gasteiger partial charge in [-0.1, -0.05) is 26.2 Å². The van der Waals surface area contributed by atoms with Gasteiger partial charge in [0.15, 0.2) is 0 Å². The summed E-state index contributed by atoms with van der Waals surface area (Å²) < 4.78 is 0. The van der Waals surface area contributed by atoms with Crippen LogP contribution in [0.5, 0.6) is 0 Å². The molecule has 1 rings (SSSR count). The molecule has 4 nitrogen and oxygen atoms in total. The lowest BCUT2D eigenvalue weighted by atomic mass is 9.99. The van der Waals surface area contributed by atoms with E-state index in [1.165, 1.54) is 6.42 Å². The number of nitriles is 2. The minimum atomic E-state index is -0.214. The lowest BCUT2D eigenvalue weighted by Crippen LogP contribution is -2.39. The topological polar surface area (TPSA) is 63.2 Å². The van der Waals surface area contributed by atoms with Crippen molar-refractivity contribution in [2.75, 3.05) is 13.1 Å². The quantitative estimate of drug-likeness (QED) is 0.324. The Hall–Kier alpha value is -1.55. The molecule has 0 spiro atoms. The second-order valence-electron chi connectivity index (χ2n) is 4.80. The van der Waals surface area contributed by atoms with Gasteiger partial charge in [0.05, 0.1) is 6.07 Å². The molecule has 0 radical (unpaired) electrons. The second kappa shape index (κ2) is 8.53. The number of hydrogen-bond acceptors (Lipinski definition) is 3. The monoisotopic (exact) mass is 246 g/mol. The van der Waals surface area contributed by atoms with E-state index in [4.69, 9.17) is 5.26 Å². The minimum Gasteiger partial charge on any atom is -0.358 e. The predicted octanol–water partition coefficient (Wildman–Crippen LogP) is 3.07. The van der Waals surface area contributed by atoms with Crippen molar-refractivity contribution in [3.8, 4) is 12.3 Å². The summed E-state index contributed by atoms with van der Waals surface area (Å²) in [5, 5.41) is 18.1. The number of amidine groups is 1. The number of piperidine rings is 1. The van der Waals surface area contributed by atoms with Crippen molar-refractivity contribution in [2.24, 2.45) is 10.9 Å². The summed E-state index contributed by atoms with van der Waals surface area (Å²) in [6.45, 7) is 4.02. The average Bonchev–Trinajstić information content (AvgIpc) is 2.43. The van der Waals surface area contributed by atoms with E-state index in [9.17, 15) is 5.26 Å². The van der Waals surface area contributed by atoms with E-state index in [-0.39, 0.29) is 5.92 Å². The zero-order chi connectivity index (χ0) is 13.2. The van der Waals surface area contributed by atoms with Gasteiger partial charge < -0.3 is 4.90 Å². The third-order valence-corrected chi connectivity index (χ3v) is 3.41. The van der Waals surface area contributed by atoms with Crippen LogP contribution in [0.15, 0.2) is 4.99 Å². The van der Waals surface area contributed by atoms with E-state index in [0.717, 1.165) is 51.6 Å². The van der Waals surface area contributed by atoms with Gasteiger partial charge in [-0.25, -0.2) is 0 Å². The Kier molecular flexibility index (Phi) is 6.87. The van der Waals surface area contributed by atoms with Gasteiger partial charge >= 0.3 is 0 Å². The largest absolute Gasteiger partial charge is 0.358 e. The first kappa shape index (κ1) is 14.5. The minimum absolute atomic E-state index is 0.214. The second-order valence-corrected chi connectivity index (χ2v) is 4.80. The van der Waals surface area contributed by atoms with Crippen molar-refractivity contribution in [3.05, 3.63) is 0 Å². The molecule has 0 aromatic heterocycles.